The summed E-state index contributed by atoms with van der Waals surface area (Å²) in [5.41, 5.74) is -1.95. The first kappa shape index (κ1) is 21.2. The van der Waals surface area contributed by atoms with Crippen LogP contribution in [0.5, 0.6) is 0 Å². The highest BCUT2D eigenvalue weighted by Gasteiger charge is 2.35. The molecule has 4 nitrogen and oxygen atoms in total. The molecule has 0 spiro atoms. The van der Waals surface area contributed by atoms with E-state index in [2.05, 4.69) is 10.3 Å². The molecule has 0 heterocycles. The molecule has 1 amide bonds. The van der Waals surface area contributed by atoms with Crippen LogP contribution in [0, 0.1) is 17.0 Å². The van der Waals surface area contributed by atoms with E-state index in [1.54, 1.807) is 6.92 Å². The highest BCUT2D eigenvalue weighted by atomic mass is 19.4. The van der Waals surface area contributed by atoms with E-state index in [4.69, 9.17) is 5.41 Å². The second-order valence-electron chi connectivity index (χ2n) is 5.73. The Bertz CT molecular complexity index is 922. The van der Waals surface area contributed by atoms with Crippen LogP contribution in [-0.4, -0.2) is 30.1 Å². The normalized spacial score (nSPS) is 12.0. The molecule has 0 radical (unpaired) electrons. The third kappa shape index (κ3) is 5.45. The second kappa shape index (κ2) is 8.73. The first-order valence-electron chi connectivity index (χ1n) is 8.16. The highest BCUT2D eigenvalue weighted by molar-refractivity contribution is 6.13. The van der Waals surface area contributed by atoms with Crippen LogP contribution in [0.4, 0.5) is 27.6 Å². The number of nitrogens with one attached hydrogen (secondary N) is 2. The molecule has 9 heteroatoms. The summed E-state index contributed by atoms with van der Waals surface area (Å²) in [6.07, 6.45) is -5.72. The van der Waals surface area contributed by atoms with Crippen LogP contribution in [0.3, 0.4) is 0 Å². The van der Waals surface area contributed by atoms with Gasteiger partial charge < -0.3 is 10.7 Å². The third-order valence-corrected chi connectivity index (χ3v) is 3.66. The molecule has 0 unspecified atom stereocenters. The van der Waals surface area contributed by atoms with Crippen LogP contribution in [0.25, 0.3) is 0 Å². The largest absolute Gasteiger partial charge is 0.429 e. The Hall–Kier alpha value is -3.10. The minimum absolute atomic E-state index is 0.0989. The number of hydrogen-bond acceptors (Lipinski definition) is 3. The van der Waals surface area contributed by atoms with Gasteiger partial charge in [-0.2, -0.15) is 13.2 Å². The Balaban J connectivity index is 2.25. The molecule has 0 aliphatic carbocycles. The average molecular weight is 397 g/mol. The first-order valence-corrected chi connectivity index (χ1v) is 8.16. The molecular weight excluding hydrogens is 381 g/mol. The van der Waals surface area contributed by atoms with E-state index in [0.717, 1.165) is 18.2 Å². The Morgan fingerprint density at radius 1 is 1.14 bits per heavy atom. The van der Waals surface area contributed by atoms with Gasteiger partial charge in [-0.3, -0.25) is 9.79 Å². The minimum atomic E-state index is -4.84. The molecule has 2 N–H and O–H groups in total. The van der Waals surface area contributed by atoms with Crippen molar-refractivity contribution in [3.8, 4) is 0 Å². The Labute approximate surface area is 157 Å². The molecular formula is C19H16F5N3O. The van der Waals surface area contributed by atoms with Crippen molar-refractivity contribution in [3.63, 3.8) is 0 Å². The molecule has 148 valence electrons. The van der Waals surface area contributed by atoms with Gasteiger partial charge in [0.25, 0.3) is 5.91 Å². The fourth-order valence-corrected chi connectivity index (χ4v) is 2.35. The lowest BCUT2D eigenvalue weighted by Crippen LogP contribution is -2.25. The summed E-state index contributed by atoms with van der Waals surface area (Å²) in [7, 11) is 0. The lowest BCUT2D eigenvalue weighted by molar-refractivity contribution is -0.0605. The molecule has 28 heavy (non-hydrogen) atoms. The summed E-state index contributed by atoms with van der Waals surface area (Å²) in [5.74, 6) is -2.23. The van der Waals surface area contributed by atoms with Crippen LogP contribution in [0.1, 0.15) is 29.3 Å². The summed E-state index contributed by atoms with van der Waals surface area (Å²) in [5, 5.41) is 9.49. The Kier molecular flexibility index (Phi) is 6.61. The SMILES string of the molecule is CCN=C(CC(=N)C(F)(F)F)c1ccc(C(=O)Nc2cccc(F)c2)cc1F. The van der Waals surface area contributed by atoms with Crippen molar-refractivity contribution in [2.24, 2.45) is 4.99 Å². The number of aliphatic imine (C=N–C) groups is 1. The van der Waals surface area contributed by atoms with Crippen LogP contribution < -0.4 is 5.32 Å². The summed E-state index contributed by atoms with van der Waals surface area (Å²) in [6, 6.07) is 8.31. The predicted octanol–water partition coefficient (Wildman–Crippen LogP) is 5.00. The Morgan fingerprint density at radius 2 is 1.86 bits per heavy atom. The van der Waals surface area contributed by atoms with E-state index in [1.807, 2.05) is 0 Å². The number of hydrogen-bond donors (Lipinski definition) is 2. The highest BCUT2D eigenvalue weighted by Crippen LogP contribution is 2.22. The van der Waals surface area contributed by atoms with E-state index in [9.17, 15) is 26.7 Å². The van der Waals surface area contributed by atoms with Gasteiger partial charge in [0.2, 0.25) is 0 Å². The number of carbonyl (C=O) groups excluding carboxylic acids is 1. The van der Waals surface area contributed by atoms with E-state index in [1.165, 1.54) is 24.3 Å². The summed E-state index contributed by atoms with van der Waals surface area (Å²) >= 11 is 0. The molecule has 0 bridgehead atoms. The van der Waals surface area contributed by atoms with Gasteiger partial charge in [-0.1, -0.05) is 6.07 Å². The van der Waals surface area contributed by atoms with Crippen molar-refractivity contribution in [2.75, 3.05) is 11.9 Å². The molecule has 0 aromatic heterocycles. The fraction of sp³-hybridized carbons (Fsp3) is 0.211. The smallest absolute Gasteiger partial charge is 0.322 e. The van der Waals surface area contributed by atoms with Gasteiger partial charge in [0, 0.05) is 29.8 Å². The van der Waals surface area contributed by atoms with Crippen molar-refractivity contribution in [1.82, 2.24) is 0 Å². The maximum Gasteiger partial charge on any atom is 0.429 e. The van der Waals surface area contributed by atoms with Gasteiger partial charge in [0.05, 0.1) is 5.71 Å². The zero-order chi connectivity index (χ0) is 20.9. The molecule has 0 saturated heterocycles. The summed E-state index contributed by atoms with van der Waals surface area (Å²) in [4.78, 5) is 16.0. The van der Waals surface area contributed by atoms with Crippen molar-refractivity contribution < 1.29 is 26.7 Å². The van der Waals surface area contributed by atoms with Gasteiger partial charge in [0.15, 0.2) is 0 Å². The number of halogens is 5. The lowest BCUT2D eigenvalue weighted by atomic mass is 10.0. The number of carbonyl (C=O) groups is 1. The quantitative estimate of drug-likeness (QED) is 0.523. The summed E-state index contributed by atoms with van der Waals surface area (Å²) in [6.45, 7) is 1.66. The van der Waals surface area contributed by atoms with Gasteiger partial charge >= 0.3 is 6.18 Å². The number of anilines is 1. The molecule has 0 atom stereocenters. The van der Waals surface area contributed by atoms with Crippen LogP contribution in [0.15, 0.2) is 47.5 Å². The monoisotopic (exact) mass is 397 g/mol. The molecule has 0 fully saturated rings. The van der Waals surface area contributed by atoms with Crippen molar-refractivity contribution >= 4 is 23.0 Å². The standard InChI is InChI=1S/C19H16F5N3O/c1-2-26-16(10-17(25)19(22,23)24)14-7-6-11(8-15(14)21)18(28)27-13-5-3-4-12(20)9-13/h3-9,25H,2,10H2,1H3,(H,27,28). The first-order chi connectivity index (χ1) is 13.1. The second-order valence-corrected chi connectivity index (χ2v) is 5.73. The number of alkyl halides is 3. The van der Waals surface area contributed by atoms with E-state index in [0.29, 0.717) is 0 Å². The fourth-order valence-electron chi connectivity index (χ4n) is 2.35. The van der Waals surface area contributed by atoms with Crippen LogP contribution in [-0.2, 0) is 0 Å². The molecule has 2 rings (SSSR count). The van der Waals surface area contributed by atoms with Gasteiger partial charge in [0.1, 0.15) is 17.3 Å². The van der Waals surface area contributed by atoms with Gasteiger partial charge in [-0.25, -0.2) is 8.78 Å². The molecule has 2 aromatic carbocycles. The van der Waals surface area contributed by atoms with E-state index < -0.39 is 35.9 Å². The maximum atomic E-state index is 14.5. The van der Waals surface area contributed by atoms with Crippen LogP contribution in [0.2, 0.25) is 0 Å². The third-order valence-electron chi connectivity index (χ3n) is 3.66. The van der Waals surface area contributed by atoms with Crippen LogP contribution >= 0.6 is 0 Å². The van der Waals surface area contributed by atoms with Crippen molar-refractivity contribution in [3.05, 3.63) is 65.2 Å². The topological polar surface area (TPSA) is 65.3 Å². The van der Waals surface area contributed by atoms with Crippen molar-refractivity contribution in [2.45, 2.75) is 19.5 Å². The number of rotatable bonds is 6. The zero-order valence-corrected chi connectivity index (χ0v) is 14.7. The maximum absolute atomic E-state index is 14.5. The molecule has 0 aliphatic rings. The van der Waals surface area contributed by atoms with E-state index >= 15 is 0 Å². The number of amides is 1. The predicted molar refractivity (Wildman–Crippen MR) is 96.2 cm³/mol. The Morgan fingerprint density at radius 3 is 2.43 bits per heavy atom. The number of benzene rings is 2. The molecule has 2 aromatic rings. The van der Waals surface area contributed by atoms with E-state index in [-0.39, 0.29) is 29.1 Å². The lowest BCUT2D eigenvalue weighted by Gasteiger charge is -2.12. The molecule has 0 aliphatic heterocycles. The zero-order valence-electron chi connectivity index (χ0n) is 14.7. The average Bonchev–Trinajstić information content (AvgIpc) is 2.60. The number of nitrogens with zero attached hydrogens (tertiary/aromatic N) is 1. The summed E-state index contributed by atoms with van der Waals surface area (Å²) < 4.78 is 65.5. The van der Waals surface area contributed by atoms with Crippen molar-refractivity contribution in [1.29, 1.82) is 5.41 Å². The van der Waals surface area contributed by atoms with Gasteiger partial charge in [-0.15, -0.1) is 0 Å². The molecule has 0 saturated carbocycles. The van der Waals surface area contributed by atoms with Gasteiger partial charge in [-0.05, 0) is 43.3 Å². The minimum Gasteiger partial charge on any atom is -0.322 e.